The first-order valence-electron chi connectivity index (χ1n) is 10.3. The van der Waals surface area contributed by atoms with Crippen LogP contribution in [0, 0.1) is 5.82 Å². The van der Waals surface area contributed by atoms with Crippen molar-refractivity contribution in [3.8, 4) is 11.3 Å². The number of carbonyl (C=O) groups excluding carboxylic acids is 1. The molecule has 2 amide bonds. The summed E-state index contributed by atoms with van der Waals surface area (Å²) in [6.07, 6.45) is -1.66. The molecule has 1 aromatic carbocycles. The number of nitrogens with one attached hydrogen (secondary N) is 1. The van der Waals surface area contributed by atoms with Gasteiger partial charge in [0.25, 0.3) is 0 Å². The molecule has 172 valence electrons. The van der Waals surface area contributed by atoms with Crippen LogP contribution in [0.3, 0.4) is 0 Å². The fourth-order valence-corrected chi connectivity index (χ4v) is 3.81. The Labute approximate surface area is 187 Å². The number of carbonyl (C=O) groups is 1. The van der Waals surface area contributed by atoms with Crippen LogP contribution in [0.2, 0.25) is 0 Å². The van der Waals surface area contributed by atoms with Gasteiger partial charge in [-0.05, 0) is 37.6 Å². The van der Waals surface area contributed by atoms with Crippen molar-refractivity contribution in [3.63, 3.8) is 0 Å². The van der Waals surface area contributed by atoms with Gasteiger partial charge in [-0.2, -0.15) is 13.2 Å². The molecular weight excluding hydrogens is 438 g/mol. The lowest BCUT2D eigenvalue weighted by atomic mass is 10.0. The van der Waals surface area contributed by atoms with Gasteiger partial charge in [0.1, 0.15) is 0 Å². The second-order valence-electron chi connectivity index (χ2n) is 7.80. The summed E-state index contributed by atoms with van der Waals surface area (Å²) >= 11 is 0. The number of aromatic nitrogens is 2. The first-order chi connectivity index (χ1) is 15.7. The zero-order valence-corrected chi connectivity index (χ0v) is 17.9. The van der Waals surface area contributed by atoms with Crippen LogP contribution in [0.1, 0.15) is 18.9 Å². The Morgan fingerprint density at radius 2 is 1.91 bits per heavy atom. The zero-order valence-electron chi connectivity index (χ0n) is 17.9. The molecule has 10 heteroatoms. The number of nitrogens with zero attached hydrogens (tertiary/aromatic N) is 4. The van der Waals surface area contributed by atoms with Crippen LogP contribution in [-0.4, -0.2) is 35.6 Å². The van der Waals surface area contributed by atoms with Crippen molar-refractivity contribution in [2.24, 2.45) is 0 Å². The molecule has 0 bridgehead atoms. The van der Waals surface area contributed by atoms with Gasteiger partial charge in [0.05, 0.1) is 28.8 Å². The summed E-state index contributed by atoms with van der Waals surface area (Å²) in [5, 5.41) is 2.52. The lowest BCUT2D eigenvalue weighted by Crippen LogP contribution is -2.42. The van der Waals surface area contributed by atoms with Gasteiger partial charge in [-0.1, -0.05) is 18.2 Å². The van der Waals surface area contributed by atoms with E-state index in [1.807, 2.05) is 18.9 Å². The molecule has 1 aliphatic heterocycles. The van der Waals surface area contributed by atoms with Crippen LogP contribution in [0.15, 0.2) is 54.9 Å². The Kier molecular flexibility index (Phi) is 5.92. The van der Waals surface area contributed by atoms with E-state index in [0.717, 1.165) is 12.3 Å². The molecule has 0 spiro atoms. The molecule has 0 saturated heterocycles. The molecule has 1 N–H and O–H groups in total. The zero-order chi connectivity index (χ0) is 23.8. The summed E-state index contributed by atoms with van der Waals surface area (Å²) in [4.78, 5) is 24.6. The lowest BCUT2D eigenvalue weighted by Gasteiger charge is -2.28. The van der Waals surface area contributed by atoms with Gasteiger partial charge in [0, 0.05) is 31.4 Å². The maximum Gasteiger partial charge on any atom is 0.417 e. The highest BCUT2D eigenvalue weighted by Crippen LogP contribution is 2.39. The number of hydrogen-bond acceptors (Lipinski definition) is 4. The van der Waals surface area contributed by atoms with Crippen molar-refractivity contribution in [1.82, 2.24) is 9.97 Å². The van der Waals surface area contributed by atoms with Gasteiger partial charge in [-0.15, -0.1) is 0 Å². The van der Waals surface area contributed by atoms with Crippen LogP contribution in [0.25, 0.3) is 11.3 Å². The molecule has 4 rings (SSSR count). The number of urea groups is 1. The van der Waals surface area contributed by atoms with Crippen LogP contribution < -0.4 is 15.1 Å². The van der Waals surface area contributed by atoms with E-state index in [1.54, 1.807) is 6.07 Å². The molecule has 0 radical (unpaired) electrons. The van der Waals surface area contributed by atoms with E-state index in [-0.39, 0.29) is 28.8 Å². The number of alkyl halides is 3. The first kappa shape index (κ1) is 22.5. The Hall–Kier alpha value is -3.69. The smallest absolute Gasteiger partial charge is 0.372 e. The number of benzene rings is 1. The van der Waals surface area contributed by atoms with Crippen LogP contribution >= 0.6 is 0 Å². The minimum Gasteiger partial charge on any atom is -0.372 e. The number of rotatable bonds is 2. The minimum atomic E-state index is -4.56. The Balaban J connectivity index is 1.81. The van der Waals surface area contributed by atoms with Gasteiger partial charge in [-0.3, -0.25) is 9.88 Å². The van der Waals surface area contributed by atoms with Gasteiger partial charge in [0.15, 0.2) is 11.6 Å². The second kappa shape index (κ2) is 8.68. The number of pyridine rings is 2. The largest absolute Gasteiger partial charge is 0.417 e. The number of amides is 2. The molecule has 0 fully saturated rings. The van der Waals surface area contributed by atoms with Crippen LogP contribution in [-0.2, 0) is 6.18 Å². The van der Waals surface area contributed by atoms with Gasteiger partial charge >= 0.3 is 12.2 Å². The van der Waals surface area contributed by atoms with Gasteiger partial charge in [-0.25, -0.2) is 14.2 Å². The van der Waals surface area contributed by atoms with E-state index in [2.05, 4.69) is 15.3 Å². The van der Waals surface area contributed by atoms with E-state index in [0.29, 0.717) is 18.7 Å². The van der Waals surface area contributed by atoms with Crippen molar-refractivity contribution in [1.29, 1.82) is 0 Å². The third kappa shape index (κ3) is 4.46. The van der Waals surface area contributed by atoms with E-state index in [9.17, 15) is 22.4 Å². The molecule has 2 aromatic heterocycles. The van der Waals surface area contributed by atoms with Crippen molar-refractivity contribution in [2.75, 3.05) is 28.7 Å². The predicted molar refractivity (Wildman–Crippen MR) is 118 cm³/mol. The molecule has 0 unspecified atom stereocenters. The van der Waals surface area contributed by atoms with E-state index in [4.69, 9.17) is 0 Å². The topological polar surface area (TPSA) is 61.4 Å². The summed E-state index contributed by atoms with van der Waals surface area (Å²) in [6.45, 7) is 2.41. The highest BCUT2D eigenvalue weighted by molar-refractivity contribution is 6.04. The monoisotopic (exact) mass is 459 g/mol. The minimum absolute atomic E-state index is 0.0556. The average Bonchev–Trinajstić information content (AvgIpc) is 2.90. The summed E-state index contributed by atoms with van der Waals surface area (Å²) in [5.74, 6) is -0.504. The number of fused-ring (bicyclic) bond motifs is 1. The number of hydrogen-bond donors (Lipinski definition) is 1. The van der Waals surface area contributed by atoms with Crippen molar-refractivity contribution in [2.45, 2.75) is 25.6 Å². The highest BCUT2D eigenvalue weighted by Gasteiger charge is 2.35. The summed E-state index contributed by atoms with van der Waals surface area (Å²) < 4.78 is 54.9. The molecule has 0 saturated carbocycles. The SMILES string of the molecule is C[C@@H]1CCN(C)c2ccc(-c3ccccc3C(F)(F)F)nc2N1C(=O)Nc1ccncc1F. The third-order valence-corrected chi connectivity index (χ3v) is 5.56. The van der Waals surface area contributed by atoms with Gasteiger partial charge < -0.3 is 10.2 Å². The molecular formula is C23H21F4N5O. The number of anilines is 3. The highest BCUT2D eigenvalue weighted by atomic mass is 19.4. The van der Waals surface area contributed by atoms with Gasteiger partial charge in [0.2, 0.25) is 0 Å². The molecule has 3 heterocycles. The maximum atomic E-state index is 14.1. The molecule has 1 atom stereocenters. The summed E-state index contributed by atoms with van der Waals surface area (Å²) in [7, 11) is 1.82. The van der Waals surface area contributed by atoms with Crippen molar-refractivity contribution < 1.29 is 22.4 Å². The van der Waals surface area contributed by atoms with E-state index < -0.39 is 23.6 Å². The molecule has 6 nitrogen and oxygen atoms in total. The average molecular weight is 459 g/mol. The maximum absolute atomic E-state index is 14.1. The Morgan fingerprint density at radius 1 is 1.15 bits per heavy atom. The fraction of sp³-hybridized carbons (Fsp3) is 0.261. The van der Waals surface area contributed by atoms with Crippen molar-refractivity contribution >= 4 is 23.2 Å². The third-order valence-electron chi connectivity index (χ3n) is 5.56. The van der Waals surface area contributed by atoms with Crippen LogP contribution in [0.4, 0.5) is 39.5 Å². The molecule has 1 aliphatic rings. The summed E-state index contributed by atoms with van der Waals surface area (Å²) in [6, 6.07) is 8.65. The molecule has 3 aromatic rings. The predicted octanol–water partition coefficient (Wildman–Crippen LogP) is 5.57. The molecule has 33 heavy (non-hydrogen) atoms. The molecule has 0 aliphatic carbocycles. The van der Waals surface area contributed by atoms with E-state index >= 15 is 0 Å². The first-order valence-corrected chi connectivity index (χ1v) is 10.3. The van der Waals surface area contributed by atoms with Crippen LogP contribution in [0.5, 0.6) is 0 Å². The second-order valence-corrected chi connectivity index (χ2v) is 7.80. The number of halogens is 4. The normalized spacial score (nSPS) is 16.2. The fourth-order valence-electron chi connectivity index (χ4n) is 3.81. The Morgan fingerprint density at radius 3 is 2.64 bits per heavy atom. The van der Waals surface area contributed by atoms with Crippen molar-refractivity contribution in [3.05, 3.63) is 66.2 Å². The standard InChI is InChI=1S/C23H21F4N5O/c1-14-10-12-31(2)20-8-7-18(15-5-3-4-6-16(15)23(25,26)27)29-21(20)32(14)22(33)30-19-9-11-28-13-17(19)24/h3-9,11,13-14H,10,12H2,1-2H3,(H,28,30,33)/t14-/m1/s1. The van der Waals surface area contributed by atoms with E-state index in [1.165, 1.54) is 41.4 Å². The quantitative estimate of drug-likeness (QED) is 0.509. The Bertz CT molecular complexity index is 1180. The lowest BCUT2D eigenvalue weighted by molar-refractivity contribution is -0.137. The summed E-state index contributed by atoms with van der Waals surface area (Å²) in [5.41, 5.74) is -0.301.